The summed E-state index contributed by atoms with van der Waals surface area (Å²) in [7, 11) is -1.58. The lowest BCUT2D eigenvalue weighted by Gasteiger charge is -2.30. The summed E-state index contributed by atoms with van der Waals surface area (Å²) in [6.45, 7) is 9.58. The predicted octanol–water partition coefficient (Wildman–Crippen LogP) is 8.91. The maximum absolute atomic E-state index is 14.0. The van der Waals surface area contributed by atoms with Gasteiger partial charge in [0.25, 0.3) is 0 Å². The third kappa shape index (κ3) is 9.13. The minimum Gasteiger partial charge on any atom is -0.481 e. The van der Waals surface area contributed by atoms with Gasteiger partial charge in [-0.05, 0) is 96.9 Å². The molecule has 0 saturated carbocycles. The molecule has 260 valence electrons. The molecular weight excluding hydrogens is 643 g/mol. The van der Waals surface area contributed by atoms with Crippen molar-refractivity contribution in [1.82, 2.24) is 10.0 Å². The Morgan fingerprint density at radius 2 is 1.32 bits per heavy atom. The zero-order valence-electron chi connectivity index (χ0n) is 29.2. The molecule has 0 aromatic heterocycles. The molecular formula is C42H47N3O4S. The average molecular weight is 690 g/mol. The third-order valence-electron chi connectivity index (χ3n) is 9.74. The van der Waals surface area contributed by atoms with Crippen LogP contribution in [0.25, 0.3) is 5.57 Å². The Hall–Kier alpha value is -4.63. The smallest absolute Gasteiger partial charge is 0.303 e. The summed E-state index contributed by atoms with van der Waals surface area (Å²) in [5.74, 6) is -0.691. The summed E-state index contributed by atoms with van der Waals surface area (Å²) in [6.07, 6.45) is 1.24. The number of aliphatic carboxylic acids is 1. The van der Waals surface area contributed by atoms with Crippen molar-refractivity contribution in [2.24, 2.45) is 5.92 Å². The van der Waals surface area contributed by atoms with Gasteiger partial charge in [0, 0.05) is 31.0 Å². The lowest BCUT2D eigenvalue weighted by molar-refractivity contribution is -0.137. The highest BCUT2D eigenvalue weighted by Crippen LogP contribution is 2.43. The molecule has 8 heteroatoms. The van der Waals surface area contributed by atoms with Gasteiger partial charge in [0.1, 0.15) is 11.0 Å². The molecule has 1 aliphatic rings. The summed E-state index contributed by atoms with van der Waals surface area (Å²) < 4.78 is 17.4. The summed E-state index contributed by atoms with van der Waals surface area (Å²) >= 11 is 0. The molecule has 0 bridgehead atoms. The monoisotopic (exact) mass is 689 g/mol. The van der Waals surface area contributed by atoms with Crippen molar-refractivity contribution in [3.05, 3.63) is 148 Å². The molecule has 4 aromatic rings. The zero-order valence-corrected chi connectivity index (χ0v) is 30.1. The zero-order chi connectivity index (χ0) is 35.6. The van der Waals surface area contributed by atoms with E-state index < -0.39 is 17.0 Å². The molecule has 7 nitrogen and oxygen atoms in total. The van der Waals surface area contributed by atoms with Crippen LogP contribution >= 0.6 is 0 Å². The molecule has 0 aliphatic heterocycles. The fourth-order valence-electron chi connectivity index (χ4n) is 6.66. The quantitative estimate of drug-likeness (QED) is 0.0880. The molecule has 4 atom stereocenters. The minimum absolute atomic E-state index is 0.0487. The number of carbonyl (C=O) groups is 2. The van der Waals surface area contributed by atoms with Crippen molar-refractivity contribution in [3.63, 3.8) is 0 Å². The third-order valence-corrected chi connectivity index (χ3v) is 10.9. The molecule has 1 aliphatic carbocycles. The molecule has 0 spiro atoms. The van der Waals surface area contributed by atoms with Gasteiger partial charge < -0.3 is 15.7 Å². The largest absolute Gasteiger partial charge is 0.481 e. The van der Waals surface area contributed by atoms with Crippen molar-refractivity contribution in [2.45, 2.75) is 76.9 Å². The number of hydrogen-bond donors (Lipinski definition) is 4. The van der Waals surface area contributed by atoms with Crippen LogP contribution in [0.5, 0.6) is 0 Å². The standard InChI is InChI=1S/C42H47N3O4S/c1-28-29(2)31(4)40(30(28)3)37-20-12-11-19-34(37)27-43-41(32-15-7-5-8-16-32)42(33-17-9-6-10-18-33)45-50(49)36-25-23-35(24-26-36)44-38(46)21-13-14-22-39(47)48/h5-12,15-20,23-26,30,41-43,45H,13-14,21-22,27H2,1-4H3,(H,44,46)(H,47,48). The SMILES string of the molecule is CC1=C(C)C(C)C(c2ccccc2CNC(c2ccccc2)C(NS(=O)c2ccc(NC(=O)CCCCC(=O)O)cc2)c2ccccc2)=C1C. The van der Waals surface area contributed by atoms with E-state index in [-0.39, 0.29) is 30.8 Å². The van der Waals surface area contributed by atoms with Gasteiger partial charge in [0.15, 0.2) is 0 Å². The first-order chi connectivity index (χ1) is 24.1. The summed E-state index contributed by atoms with van der Waals surface area (Å²) in [6, 6.07) is 35.4. The molecule has 50 heavy (non-hydrogen) atoms. The Morgan fingerprint density at radius 3 is 1.92 bits per heavy atom. The topological polar surface area (TPSA) is 108 Å². The number of unbranched alkanes of at least 4 members (excludes halogenated alkanes) is 1. The lowest BCUT2D eigenvalue weighted by Crippen LogP contribution is -2.36. The van der Waals surface area contributed by atoms with Crippen LogP contribution in [0.1, 0.15) is 87.7 Å². The molecule has 4 unspecified atom stereocenters. The molecule has 4 aromatic carbocycles. The van der Waals surface area contributed by atoms with Crippen molar-refractivity contribution in [3.8, 4) is 0 Å². The van der Waals surface area contributed by atoms with Crippen LogP contribution in [0.3, 0.4) is 0 Å². The van der Waals surface area contributed by atoms with Crippen molar-refractivity contribution >= 4 is 34.1 Å². The number of allylic oxidation sites excluding steroid dienone is 4. The van der Waals surface area contributed by atoms with E-state index in [9.17, 15) is 13.8 Å². The maximum Gasteiger partial charge on any atom is 0.303 e. The number of carboxylic acids is 1. The van der Waals surface area contributed by atoms with Crippen molar-refractivity contribution in [2.75, 3.05) is 5.32 Å². The molecule has 0 fully saturated rings. The van der Waals surface area contributed by atoms with Crippen LogP contribution in [-0.4, -0.2) is 21.2 Å². The first-order valence-electron chi connectivity index (χ1n) is 17.2. The van der Waals surface area contributed by atoms with Crippen LogP contribution in [0.2, 0.25) is 0 Å². The Bertz CT molecular complexity index is 1870. The van der Waals surface area contributed by atoms with Gasteiger partial charge in [-0.3, -0.25) is 9.59 Å². The van der Waals surface area contributed by atoms with E-state index in [1.807, 2.05) is 36.4 Å². The number of carbonyl (C=O) groups excluding carboxylic acids is 1. The van der Waals surface area contributed by atoms with Crippen molar-refractivity contribution in [1.29, 1.82) is 0 Å². The number of amides is 1. The number of carboxylic acid groups (broad SMARTS) is 1. The fraction of sp³-hybridized carbons (Fsp3) is 0.286. The normalized spacial score (nSPS) is 16.3. The molecule has 1 amide bonds. The molecule has 0 heterocycles. The van der Waals surface area contributed by atoms with E-state index in [4.69, 9.17) is 5.11 Å². The maximum atomic E-state index is 14.0. The number of rotatable bonds is 16. The Balaban J connectivity index is 1.37. The lowest BCUT2D eigenvalue weighted by atomic mass is 9.88. The van der Waals surface area contributed by atoms with Crippen LogP contribution in [0.4, 0.5) is 5.69 Å². The Morgan fingerprint density at radius 1 is 0.740 bits per heavy atom. The van der Waals surface area contributed by atoms with E-state index in [1.54, 1.807) is 24.3 Å². The number of anilines is 1. The van der Waals surface area contributed by atoms with Gasteiger partial charge in [-0.15, -0.1) is 0 Å². The predicted molar refractivity (Wildman–Crippen MR) is 202 cm³/mol. The van der Waals surface area contributed by atoms with E-state index in [0.29, 0.717) is 35.9 Å². The Labute approximate surface area is 298 Å². The minimum atomic E-state index is -1.58. The van der Waals surface area contributed by atoms with E-state index in [0.717, 1.165) is 11.1 Å². The highest BCUT2D eigenvalue weighted by molar-refractivity contribution is 7.83. The van der Waals surface area contributed by atoms with Crippen LogP contribution < -0.4 is 15.4 Å². The second kappa shape index (κ2) is 17.3. The van der Waals surface area contributed by atoms with E-state index >= 15 is 0 Å². The van der Waals surface area contributed by atoms with Crippen LogP contribution in [0.15, 0.2) is 131 Å². The fourth-order valence-corrected chi connectivity index (χ4v) is 7.69. The Kier molecular flexibility index (Phi) is 12.7. The average Bonchev–Trinajstić information content (AvgIpc) is 3.32. The second-order valence-corrected chi connectivity index (χ2v) is 14.2. The van der Waals surface area contributed by atoms with Gasteiger partial charge >= 0.3 is 5.97 Å². The van der Waals surface area contributed by atoms with E-state index in [1.165, 1.54) is 33.4 Å². The van der Waals surface area contributed by atoms with Gasteiger partial charge in [-0.2, -0.15) is 0 Å². The summed E-state index contributed by atoms with van der Waals surface area (Å²) in [4.78, 5) is 23.7. The molecule has 0 radical (unpaired) electrons. The molecule has 5 rings (SSSR count). The number of benzene rings is 4. The van der Waals surface area contributed by atoms with Crippen LogP contribution in [0, 0.1) is 5.92 Å². The summed E-state index contributed by atoms with van der Waals surface area (Å²) in [5, 5.41) is 15.5. The molecule has 4 N–H and O–H groups in total. The second-order valence-electron chi connectivity index (χ2n) is 12.9. The number of hydrogen-bond acceptors (Lipinski definition) is 4. The first kappa shape index (κ1) is 36.6. The first-order valence-corrected chi connectivity index (χ1v) is 18.4. The van der Waals surface area contributed by atoms with Gasteiger partial charge in [-0.1, -0.05) is 97.4 Å². The molecule has 0 saturated heterocycles. The van der Waals surface area contributed by atoms with Gasteiger partial charge in [0.05, 0.1) is 17.0 Å². The van der Waals surface area contributed by atoms with Gasteiger partial charge in [0.2, 0.25) is 5.91 Å². The van der Waals surface area contributed by atoms with Crippen molar-refractivity contribution < 1.29 is 18.9 Å². The number of nitrogens with one attached hydrogen (secondary N) is 3. The van der Waals surface area contributed by atoms with Crippen LogP contribution in [-0.2, 0) is 27.1 Å². The summed E-state index contributed by atoms with van der Waals surface area (Å²) in [5.41, 5.74) is 10.7. The highest BCUT2D eigenvalue weighted by atomic mass is 32.2. The van der Waals surface area contributed by atoms with E-state index in [2.05, 4.69) is 91.6 Å². The highest BCUT2D eigenvalue weighted by Gasteiger charge is 2.29. The van der Waals surface area contributed by atoms with Gasteiger partial charge in [-0.25, -0.2) is 8.93 Å².